The lowest BCUT2D eigenvalue weighted by Gasteiger charge is -2.27. The highest BCUT2D eigenvalue weighted by atomic mass is 19.1. The van der Waals surface area contributed by atoms with Gasteiger partial charge in [-0.05, 0) is 18.6 Å². The average Bonchev–Trinajstić information content (AvgIpc) is 3.41. The summed E-state index contributed by atoms with van der Waals surface area (Å²) in [5, 5.41) is 10.3. The minimum Gasteiger partial charge on any atom is -0.378 e. The minimum absolute atomic E-state index is 0. The van der Waals surface area contributed by atoms with Gasteiger partial charge in [0.15, 0.2) is 0 Å². The van der Waals surface area contributed by atoms with Crippen LogP contribution in [-0.4, -0.2) is 68.2 Å². The third kappa shape index (κ3) is 4.05. The molecule has 2 aliphatic rings. The number of morpholine rings is 1. The van der Waals surface area contributed by atoms with Crippen LogP contribution in [0.2, 0.25) is 0 Å². The van der Waals surface area contributed by atoms with Crippen molar-refractivity contribution < 1.29 is 20.1 Å². The molecule has 2 aliphatic heterocycles. The van der Waals surface area contributed by atoms with Crippen LogP contribution in [0.25, 0.3) is 5.65 Å². The fraction of sp³-hybridized carbons (Fsp3) is 0.409. The van der Waals surface area contributed by atoms with E-state index in [1.54, 1.807) is 11.0 Å². The minimum atomic E-state index is -0.521. The monoisotopic (exact) mass is 471 g/mol. The van der Waals surface area contributed by atoms with Crippen LogP contribution in [0.5, 0.6) is 0 Å². The first-order valence-electron chi connectivity index (χ1n) is 11.1. The molecule has 180 valence electrons. The van der Waals surface area contributed by atoms with Gasteiger partial charge in [0.25, 0.3) is 11.5 Å². The zero-order valence-corrected chi connectivity index (χ0v) is 18.6. The number of aryl methyl sites for hydroxylation is 1. The molecule has 3 aromatic rings. The molecule has 5 rings (SSSR count). The fourth-order valence-corrected chi connectivity index (χ4v) is 4.33. The van der Waals surface area contributed by atoms with Gasteiger partial charge in [-0.15, -0.1) is 0 Å². The van der Waals surface area contributed by atoms with Crippen molar-refractivity contribution in [2.75, 3.05) is 31.6 Å². The third-order valence-corrected chi connectivity index (χ3v) is 5.96. The maximum Gasteiger partial charge on any atom is 0.280 e. The number of anilines is 1. The van der Waals surface area contributed by atoms with Crippen LogP contribution in [0.15, 0.2) is 29.2 Å². The van der Waals surface area contributed by atoms with Crippen molar-refractivity contribution >= 4 is 23.3 Å². The molecule has 0 bridgehead atoms. The first-order valence-corrected chi connectivity index (χ1v) is 11.1. The van der Waals surface area contributed by atoms with Crippen LogP contribution in [0.1, 0.15) is 30.1 Å². The summed E-state index contributed by atoms with van der Waals surface area (Å²) in [4.78, 5) is 44.9. The summed E-state index contributed by atoms with van der Waals surface area (Å²) in [5.74, 6) is -1.14. The number of aromatic nitrogens is 4. The summed E-state index contributed by atoms with van der Waals surface area (Å²) in [7, 11) is 0. The van der Waals surface area contributed by atoms with Gasteiger partial charge in [0.1, 0.15) is 29.5 Å². The standard InChI is InChI=1S/C22H24FN7O4.H2/c1-2-14-7-19-29(11-18(31)26-17-4-3-13(23)8-25-17)20-16(21(32)30(19)27-14)10-28(22(20)33)9-15-12-34-6-5-24-15;/h3-4,7-8,15,24H,2,5-6,9-12H2,1H3,(H,25,26,31);1H/t15-;/m1./s1. The maximum atomic E-state index is 13.4. The predicted molar refractivity (Wildman–Crippen MR) is 121 cm³/mol. The first kappa shape index (κ1) is 22.2. The second kappa shape index (κ2) is 8.95. The molecule has 1 fully saturated rings. The number of fused-ring (bicyclic) bond motifs is 2. The van der Waals surface area contributed by atoms with Crippen molar-refractivity contribution in [3.63, 3.8) is 0 Å². The molecule has 0 spiro atoms. The molecular formula is C22H26FN7O4. The molecule has 0 radical (unpaired) electrons. The van der Waals surface area contributed by atoms with Gasteiger partial charge in [0.2, 0.25) is 5.91 Å². The van der Waals surface area contributed by atoms with Crippen LogP contribution in [0.4, 0.5) is 10.2 Å². The lowest BCUT2D eigenvalue weighted by atomic mass is 10.2. The van der Waals surface area contributed by atoms with Crippen molar-refractivity contribution in [3.05, 3.63) is 57.5 Å². The van der Waals surface area contributed by atoms with Crippen LogP contribution >= 0.6 is 0 Å². The summed E-state index contributed by atoms with van der Waals surface area (Å²) in [6.07, 6.45) is 1.59. The Labute approximate surface area is 195 Å². The van der Waals surface area contributed by atoms with E-state index in [4.69, 9.17) is 4.74 Å². The number of amides is 2. The molecule has 1 atom stereocenters. The van der Waals surface area contributed by atoms with E-state index in [1.165, 1.54) is 21.2 Å². The predicted octanol–water partition coefficient (Wildman–Crippen LogP) is 0.421. The number of pyridine rings is 1. The van der Waals surface area contributed by atoms with E-state index in [-0.39, 0.29) is 43.5 Å². The number of hydrogen-bond acceptors (Lipinski definition) is 7. The maximum absolute atomic E-state index is 13.4. The molecule has 0 aromatic carbocycles. The molecule has 2 N–H and O–H groups in total. The Morgan fingerprint density at radius 3 is 2.94 bits per heavy atom. The first-order chi connectivity index (χ1) is 16.4. The van der Waals surface area contributed by atoms with Crippen LogP contribution in [0, 0.1) is 5.82 Å². The molecule has 12 heteroatoms. The molecule has 11 nitrogen and oxygen atoms in total. The molecule has 0 aliphatic carbocycles. The smallest absolute Gasteiger partial charge is 0.280 e. The van der Waals surface area contributed by atoms with Gasteiger partial charge in [-0.1, -0.05) is 6.92 Å². The Morgan fingerprint density at radius 1 is 1.38 bits per heavy atom. The number of nitrogens with one attached hydrogen (secondary N) is 2. The summed E-state index contributed by atoms with van der Waals surface area (Å²) >= 11 is 0. The van der Waals surface area contributed by atoms with E-state index >= 15 is 0 Å². The van der Waals surface area contributed by atoms with Gasteiger partial charge in [0, 0.05) is 26.6 Å². The highest BCUT2D eigenvalue weighted by molar-refractivity contribution is 5.98. The number of rotatable bonds is 6. The van der Waals surface area contributed by atoms with Gasteiger partial charge < -0.3 is 24.8 Å². The molecule has 0 saturated carbocycles. The van der Waals surface area contributed by atoms with E-state index in [2.05, 4.69) is 20.7 Å². The molecular weight excluding hydrogens is 445 g/mol. The molecule has 0 unspecified atom stereocenters. The number of hydrogen-bond donors (Lipinski definition) is 2. The molecule has 3 aromatic heterocycles. The Hall–Kier alpha value is -3.64. The zero-order chi connectivity index (χ0) is 23.8. The average molecular weight is 471 g/mol. The number of ether oxygens (including phenoxy) is 1. The lowest BCUT2D eigenvalue weighted by Crippen LogP contribution is -2.48. The second-order valence-electron chi connectivity index (χ2n) is 8.30. The van der Waals surface area contributed by atoms with Crippen molar-refractivity contribution in [2.24, 2.45) is 0 Å². The molecule has 2 amide bonds. The highest BCUT2D eigenvalue weighted by Gasteiger charge is 2.36. The van der Waals surface area contributed by atoms with Gasteiger partial charge in [-0.3, -0.25) is 14.4 Å². The second-order valence-corrected chi connectivity index (χ2v) is 8.30. The number of carbonyl (C=O) groups is 2. The topological polar surface area (TPSA) is 123 Å². The summed E-state index contributed by atoms with van der Waals surface area (Å²) < 4.78 is 21.4. The van der Waals surface area contributed by atoms with E-state index in [0.29, 0.717) is 49.6 Å². The van der Waals surface area contributed by atoms with Crippen molar-refractivity contribution in [1.82, 2.24) is 29.4 Å². The lowest BCUT2D eigenvalue weighted by molar-refractivity contribution is -0.116. The van der Waals surface area contributed by atoms with Crippen LogP contribution < -0.4 is 16.2 Å². The summed E-state index contributed by atoms with van der Waals surface area (Å²) in [6, 6.07) is 4.20. The van der Waals surface area contributed by atoms with Gasteiger partial charge >= 0.3 is 0 Å². The summed E-state index contributed by atoms with van der Waals surface area (Å²) in [6.45, 7) is 3.95. The van der Waals surface area contributed by atoms with Gasteiger partial charge in [0.05, 0.1) is 37.2 Å². The number of carbonyl (C=O) groups excluding carboxylic acids is 2. The Balaban J connectivity index is 0.00000289. The van der Waals surface area contributed by atoms with Crippen LogP contribution in [0.3, 0.4) is 0 Å². The zero-order valence-electron chi connectivity index (χ0n) is 18.6. The van der Waals surface area contributed by atoms with Crippen molar-refractivity contribution in [2.45, 2.75) is 32.5 Å². The Kier molecular flexibility index (Phi) is 5.84. The van der Waals surface area contributed by atoms with Crippen molar-refractivity contribution in [3.8, 4) is 0 Å². The Morgan fingerprint density at radius 2 is 2.24 bits per heavy atom. The van der Waals surface area contributed by atoms with Gasteiger partial charge in [-0.25, -0.2) is 9.37 Å². The van der Waals surface area contributed by atoms with E-state index in [1.807, 2.05) is 6.92 Å². The largest absolute Gasteiger partial charge is 0.378 e. The Bertz CT molecular complexity index is 1320. The van der Waals surface area contributed by atoms with E-state index in [0.717, 1.165) is 6.20 Å². The summed E-state index contributed by atoms with van der Waals surface area (Å²) in [5.41, 5.74) is 1.14. The SMILES string of the molecule is CCc1cc2n(CC(=O)Nc3ccc(F)cn3)c3c(c(=O)n2n1)CN(C[C@@H]1COCCN1)C3=O.[HH]. The normalized spacial score (nSPS) is 17.9. The fourth-order valence-electron chi connectivity index (χ4n) is 4.33. The van der Waals surface area contributed by atoms with E-state index in [9.17, 15) is 18.8 Å². The molecule has 34 heavy (non-hydrogen) atoms. The number of nitrogens with zero attached hydrogens (tertiary/aromatic N) is 5. The molecule has 1 saturated heterocycles. The van der Waals surface area contributed by atoms with Crippen LogP contribution in [-0.2, 0) is 29.0 Å². The quantitative estimate of drug-likeness (QED) is 0.534. The highest BCUT2D eigenvalue weighted by Crippen LogP contribution is 2.23. The van der Waals surface area contributed by atoms with Crippen molar-refractivity contribution in [1.29, 1.82) is 0 Å². The number of halogens is 1. The molecule has 5 heterocycles. The van der Waals surface area contributed by atoms with Gasteiger partial charge in [-0.2, -0.15) is 9.61 Å². The third-order valence-electron chi connectivity index (χ3n) is 5.96. The van der Waals surface area contributed by atoms with E-state index < -0.39 is 11.7 Å².